The van der Waals surface area contributed by atoms with Gasteiger partial charge in [0.2, 0.25) is 25.9 Å². The van der Waals surface area contributed by atoms with E-state index < -0.39 is 48.0 Å². The van der Waals surface area contributed by atoms with Gasteiger partial charge in [-0.1, -0.05) is 29.5 Å². The zero-order valence-electron chi connectivity index (χ0n) is 20.0. The number of aliphatic carboxylic acids is 1. The average molecular weight is 624 g/mol. The Kier molecular flexibility index (Phi) is 8.76. The molecule has 0 aliphatic carbocycles. The maximum atomic E-state index is 13.0. The summed E-state index contributed by atoms with van der Waals surface area (Å²) < 4.78 is 86.3. The van der Waals surface area contributed by atoms with Gasteiger partial charge in [-0.15, -0.1) is 10.2 Å². The van der Waals surface area contributed by atoms with Gasteiger partial charge in [-0.25, -0.2) is 36.5 Å². The summed E-state index contributed by atoms with van der Waals surface area (Å²) in [5.74, 6) is -2.93. The highest BCUT2D eigenvalue weighted by Crippen LogP contribution is 2.41. The van der Waals surface area contributed by atoms with Crippen molar-refractivity contribution in [2.24, 2.45) is 10.9 Å². The number of H-pyrrole nitrogens is 1. The molecule has 1 atom stereocenters. The summed E-state index contributed by atoms with van der Waals surface area (Å²) in [6.45, 7) is 1.47. The third-order valence-electron chi connectivity index (χ3n) is 4.83. The Morgan fingerprint density at radius 1 is 1.18 bits per heavy atom. The lowest BCUT2D eigenvalue weighted by Gasteiger charge is -2.17. The van der Waals surface area contributed by atoms with Crippen LogP contribution >= 0.6 is 11.3 Å². The first-order valence-electron chi connectivity index (χ1n) is 10.6. The standard InChI is InChI=1S/C17H19N9O4S3.C2HF3O2/c1-8(18)7-21-33(29,30)12-6-5-9(10-3-2-4-11-14(10)22-17(19)31-11)13(15(12)32(20,27)28)16-23-25-26-24-16;3-2(4,5)1(6)7/h2-6,8,21H,7,18H2,1H3,(H2,19,22)(H2,20,27,28)(H,23,24,25,26);(H,6,7). The largest absolute Gasteiger partial charge is 0.490 e. The summed E-state index contributed by atoms with van der Waals surface area (Å²) in [5.41, 5.74) is 12.6. The van der Waals surface area contributed by atoms with E-state index >= 15 is 0 Å². The minimum absolute atomic E-state index is 0.122. The molecule has 40 heavy (non-hydrogen) atoms. The Balaban J connectivity index is 0.000000559. The molecular weight excluding hydrogens is 603 g/mol. The highest BCUT2D eigenvalue weighted by atomic mass is 32.2. The van der Waals surface area contributed by atoms with Crippen molar-refractivity contribution in [2.45, 2.75) is 28.9 Å². The number of hydrogen-bond donors (Lipinski definition) is 6. The fraction of sp³-hybridized carbons (Fsp3) is 0.211. The number of benzene rings is 2. The average Bonchev–Trinajstić information content (AvgIpc) is 3.50. The van der Waals surface area contributed by atoms with E-state index in [1.807, 2.05) is 0 Å². The monoisotopic (exact) mass is 623 g/mol. The predicted molar refractivity (Wildman–Crippen MR) is 137 cm³/mol. The molecule has 0 saturated heterocycles. The fourth-order valence-electron chi connectivity index (χ4n) is 3.27. The fourth-order valence-corrected chi connectivity index (χ4v) is 6.78. The maximum absolute atomic E-state index is 13.0. The van der Waals surface area contributed by atoms with Crippen LogP contribution in [-0.4, -0.2) is 72.3 Å². The van der Waals surface area contributed by atoms with Crippen molar-refractivity contribution in [2.75, 3.05) is 12.3 Å². The molecule has 0 aliphatic heterocycles. The molecule has 1 unspecified atom stereocenters. The highest BCUT2D eigenvalue weighted by Gasteiger charge is 2.38. The Hall–Kier alpha value is -3.76. The SMILES string of the molecule is CC(N)CNS(=O)(=O)c1ccc(-c2cccc3sc(N)nc23)c(-c2nn[nH]n2)c1S(N)(=O)=O.O=C(O)C(F)(F)F. The molecular formula is C19H20F3N9O6S3. The van der Waals surface area contributed by atoms with Crippen molar-refractivity contribution in [3.63, 3.8) is 0 Å². The normalized spacial score (nSPS) is 13.1. The number of fused-ring (bicyclic) bond motifs is 1. The number of carboxylic acids is 1. The number of aromatic amines is 1. The van der Waals surface area contributed by atoms with Crippen LogP contribution in [-0.2, 0) is 24.8 Å². The number of hydrogen-bond acceptors (Lipinski definition) is 12. The summed E-state index contributed by atoms with van der Waals surface area (Å²) in [5, 5.41) is 26.5. The van der Waals surface area contributed by atoms with Gasteiger partial charge in [0.05, 0.1) is 15.8 Å². The van der Waals surface area contributed by atoms with Gasteiger partial charge in [0, 0.05) is 18.2 Å². The molecule has 15 nitrogen and oxygen atoms in total. The van der Waals surface area contributed by atoms with E-state index in [4.69, 9.17) is 26.5 Å². The number of alkyl halides is 3. The molecule has 2 heterocycles. The second-order valence-electron chi connectivity index (χ2n) is 7.93. The van der Waals surface area contributed by atoms with Gasteiger partial charge in [0.1, 0.15) is 9.79 Å². The van der Waals surface area contributed by atoms with Crippen molar-refractivity contribution in [1.29, 1.82) is 0 Å². The number of nitrogens with zero attached hydrogens (tertiary/aromatic N) is 4. The number of anilines is 1. The van der Waals surface area contributed by atoms with Crippen LogP contribution in [0.1, 0.15) is 6.92 Å². The maximum Gasteiger partial charge on any atom is 0.490 e. The number of halogens is 3. The molecule has 21 heteroatoms. The van der Waals surface area contributed by atoms with Gasteiger partial charge in [0.25, 0.3) is 0 Å². The number of para-hydroxylation sites is 1. The Morgan fingerprint density at radius 3 is 2.35 bits per heavy atom. The highest BCUT2D eigenvalue weighted by molar-refractivity contribution is 7.92. The van der Waals surface area contributed by atoms with Crippen LogP contribution in [0.15, 0.2) is 40.1 Å². The minimum atomic E-state index is -5.08. The van der Waals surface area contributed by atoms with Crippen molar-refractivity contribution >= 4 is 52.7 Å². The molecule has 2 aromatic carbocycles. The molecule has 4 aromatic rings. The number of thiazole rings is 1. The number of sulfonamides is 2. The van der Waals surface area contributed by atoms with Crippen molar-refractivity contribution in [3.05, 3.63) is 30.3 Å². The van der Waals surface area contributed by atoms with Crippen LogP contribution in [0.2, 0.25) is 0 Å². The number of rotatable bonds is 7. The lowest BCUT2D eigenvalue weighted by atomic mass is 9.98. The number of tetrazole rings is 1. The number of aromatic nitrogens is 5. The van der Waals surface area contributed by atoms with E-state index in [9.17, 15) is 30.0 Å². The second-order valence-corrected chi connectivity index (χ2v) is 12.2. The molecule has 216 valence electrons. The minimum Gasteiger partial charge on any atom is -0.475 e. The topological polar surface area (TPSA) is 263 Å². The zero-order valence-corrected chi connectivity index (χ0v) is 22.5. The molecule has 0 fully saturated rings. The third kappa shape index (κ3) is 6.86. The number of nitrogens with two attached hydrogens (primary N) is 3. The van der Waals surface area contributed by atoms with Crippen LogP contribution in [0.3, 0.4) is 0 Å². The van der Waals surface area contributed by atoms with Gasteiger partial charge < -0.3 is 16.6 Å². The molecule has 0 spiro atoms. The number of nitrogen functional groups attached to an aromatic ring is 1. The van der Waals surface area contributed by atoms with Crippen LogP contribution in [0, 0.1) is 0 Å². The van der Waals surface area contributed by atoms with E-state index in [0.29, 0.717) is 16.2 Å². The predicted octanol–water partition coefficient (Wildman–Crippen LogP) is 0.632. The van der Waals surface area contributed by atoms with Gasteiger partial charge in [-0.3, -0.25) is 0 Å². The summed E-state index contributed by atoms with van der Waals surface area (Å²) in [7, 11) is -8.93. The zero-order chi connectivity index (χ0) is 30.0. The van der Waals surface area contributed by atoms with Gasteiger partial charge >= 0.3 is 12.1 Å². The van der Waals surface area contributed by atoms with Crippen molar-refractivity contribution in [1.82, 2.24) is 30.3 Å². The molecule has 0 saturated carbocycles. The Morgan fingerprint density at radius 2 is 1.82 bits per heavy atom. The third-order valence-corrected chi connectivity index (χ3v) is 8.27. The van der Waals surface area contributed by atoms with E-state index in [1.54, 1.807) is 25.1 Å². The van der Waals surface area contributed by atoms with Gasteiger partial charge in [-0.2, -0.15) is 18.4 Å². The van der Waals surface area contributed by atoms with Gasteiger partial charge in [0.15, 0.2) is 5.13 Å². The van der Waals surface area contributed by atoms with Crippen LogP contribution in [0.4, 0.5) is 18.3 Å². The first-order valence-corrected chi connectivity index (χ1v) is 14.4. The molecule has 0 aliphatic rings. The van der Waals surface area contributed by atoms with Crippen molar-refractivity contribution < 1.29 is 39.9 Å². The number of carbonyl (C=O) groups is 1. The molecule has 2 aromatic heterocycles. The molecule has 0 amide bonds. The van der Waals surface area contributed by atoms with E-state index in [2.05, 4.69) is 30.3 Å². The summed E-state index contributed by atoms with van der Waals surface area (Å²) >= 11 is 1.25. The number of nitrogens with one attached hydrogen (secondary N) is 2. The quantitative estimate of drug-likeness (QED) is 0.166. The first-order chi connectivity index (χ1) is 18.4. The summed E-state index contributed by atoms with van der Waals surface area (Å²) in [6, 6.07) is 7.30. The number of primary sulfonamides is 1. The smallest absolute Gasteiger partial charge is 0.475 e. The summed E-state index contributed by atoms with van der Waals surface area (Å²) in [4.78, 5) is 12.0. The van der Waals surface area contributed by atoms with E-state index in [0.717, 1.165) is 10.8 Å². The molecule has 4 rings (SSSR count). The lowest BCUT2D eigenvalue weighted by molar-refractivity contribution is -0.192. The first kappa shape index (κ1) is 30.8. The Bertz CT molecular complexity index is 1760. The van der Waals surface area contributed by atoms with Crippen molar-refractivity contribution in [3.8, 4) is 22.5 Å². The van der Waals surface area contributed by atoms with Gasteiger partial charge in [-0.05, 0) is 29.8 Å². The number of carboxylic acid groups (broad SMARTS) is 1. The van der Waals surface area contributed by atoms with Crippen LogP contribution in [0.5, 0.6) is 0 Å². The lowest BCUT2D eigenvalue weighted by Crippen LogP contribution is -2.36. The molecule has 0 radical (unpaired) electrons. The molecule has 9 N–H and O–H groups in total. The molecule has 0 bridgehead atoms. The van der Waals surface area contributed by atoms with Crippen LogP contribution in [0.25, 0.3) is 32.7 Å². The van der Waals surface area contributed by atoms with E-state index in [1.165, 1.54) is 17.4 Å². The second kappa shape index (κ2) is 11.4. The van der Waals surface area contributed by atoms with Crippen LogP contribution < -0.4 is 21.3 Å². The Labute approximate surface area is 227 Å². The summed E-state index contributed by atoms with van der Waals surface area (Å²) in [6.07, 6.45) is -5.08. The van der Waals surface area contributed by atoms with E-state index in [-0.39, 0.29) is 23.5 Å².